The quantitative estimate of drug-likeness (QED) is 0.431. The van der Waals surface area contributed by atoms with Gasteiger partial charge in [0.05, 0.1) is 11.7 Å². The molecule has 2 saturated carbocycles. The van der Waals surface area contributed by atoms with Crippen LogP contribution < -0.4 is 10.6 Å². The van der Waals surface area contributed by atoms with E-state index in [1.54, 1.807) is 11.8 Å². The third kappa shape index (κ3) is 3.24. The van der Waals surface area contributed by atoms with Crippen molar-refractivity contribution in [1.82, 2.24) is 0 Å². The summed E-state index contributed by atoms with van der Waals surface area (Å²) in [6, 6.07) is 25.5. The number of fused-ring (bicyclic) bond motifs is 7. The molecule has 3 aliphatic rings. The normalized spacial score (nSPS) is 27.3. The first-order valence-electron chi connectivity index (χ1n) is 11.6. The lowest BCUT2D eigenvalue weighted by Crippen LogP contribution is -2.35. The zero-order valence-corrected chi connectivity index (χ0v) is 19.1. The third-order valence-electron chi connectivity index (χ3n) is 7.86. The number of hydrogen-bond acceptors (Lipinski definition) is 3. The molecular formula is C28H28N2OS. The Kier molecular flexibility index (Phi) is 4.98. The molecule has 5 atom stereocenters. The van der Waals surface area contributed by atoms with Crippen LogP contribution in [0.5, 0.6) is 0 Å². The van der Waals surface area contributed by atoms with E-state index in [2.05, 4.69) is 53.1 Å². The van der Waals surface area contributed by atoms with Crippen molar-refractivity contribution in [2.45, 2.75) is 36.1 Å². The van der Waals surface area contributed by atoms with Crippen molar-refractivity contribution in [3.8, 4) is 0 Å². The van der Waals surface area contributed by atoms with Crippen LogP contribution in [0, 0.1) is 17.8 Å². The van der Waals surface area contributed by atoms with Crippen LogP contribution in [0.25, 0.3) is 0 Å². The summed E-state index contributed by atoms with van der Waals surface area (Å²) in [6.07, 6.45) is 6.04. The third-order valence-corrected chi connectivity index (χ3v) is 8.66. The lowest BCUT2D eigenvalue weighted by atomic mass is 9.68. The predicted molar refractivity (Wildman–Crippen MR) is 132 cm³/mol. The molecule has 2 fully saturated rings. The molecule has 3 aromatic carbocycles. The van der Waals surface area contributed by atoms with Crippen molar-refractivity contribution in [2.75, 3.05) is 16.9 Å². The van der Waals surface area contributed by atoms with E-state index in [9.17, 15) is 4.79 Å². The monoisotopic (exact) mass is 440 g/mol. The molecule has 0 saturated heterocycles. The van der Waals surface area contributed by atoms with E-state index in [1.807, 2.05) is 36.6 Å². The first-order valence-corrected chi connectivity index (χ1v) is 12.8. The first kappa shape index (κ1) is 19.9. The van der Waals surface area contributed by atoms with E-state index in [0.29, 0.717) is 17.9 Å². The van der Waals surface area contributed by atoms with E-state index in [4.69, 9.17) is 0 Å². The molecule has 3 nitrogen and oxygen atoms in total. The number of carbonyl (C=O) groups is 1. The second-order valence-corrected chi connectivity index (χ2v) is 10.3. The van der Waals surface area contributed by atoms with E-state index in [1.165, 1.54) is 36.1 Å². The fourth-order valence-corrected chi connectivity index (χ4v) is 7.11. The van der Waals surface area contributed by atoms with Crippen molar-refractivity contribution in [2.24, 2.45) is 17.8 Å². The van der Waals surface area contributed by atoms with Crippen LogP contribution in [0.2, 0.25) is 0 Å². The molecule has 4 heteroatoms. The average molecular weight is 441 g/mol. The standard InChI is InChI=1S/C28H28N2OS/c1-32-24-10-6-5-9-23(24)30-28(31)20-13-14-22-21(16-20)25-18-11-12-19(15-18)26(25)27(29-22)17-7-3-2-4-8-17/h2-10,13-14,16,18-19,25-27,29H,11-12,15H2,1H3,(H,30,31)/t18-,19-,25-,26-,27-/m0/s1. The Morgan fingerprint density at radius 3 is 2.59 bits per heavy atom. The summed E-state index contributed by atoms with van der Waals surface area (Å²) < 4.78 is 0. The van der Waals surface area contributed by atoms with Gasteiger partial charge in [-0.3, -0.25) is 4.79 Å². The molecule has 2 aliphatic carbocycles. The van der Waals surface area contributed by atoms with E-state index in [-0.39, 0.29) is 5.91 Å². The Hall–Kier alpha value is -2.72. The highest BCUT2D eigenvalue weighted by Crippen LogP contribution is 2.63. The van der Waals surface area contributed by atoms with Gasteiger partial charge < -0.3 is 10.6 Å². The fraction of sp³-hybridized carbons (Fsp3) is 0.321. The van der Waals surface area contributed by atoms with Gasteiger partial charge in [0.15, 0.2) is 0 Å². The summed E-state index contributed by atoms with van der Waals surface area (Å²) in [7, 11) is 0. The number of benzene rings is 3. The van der Waals surface area contributed by atoms with Crippen molar-refractivity contribution < 1.29 is 4.79 Å². The minimum Gasteiger partial charge on any atom is -0.378 e. The molecule has 1 amide bonds. The van der Waals surface area contributed by atoms with Gasteiger partial charge in [0, 0.05) is 16.1 Å². The van der Waals surface area contributed by atoms with E-state index < -0.39 is 0 Å². The number of para-hydroxylation sites is 1. The minimum atomic E-state index is -0.0285. The average Bonchev–Trinajstić information content (AvgIpc) is 3.47. The Bertz CT molecular complexity index is 1160. The molecule has 162 valence electrons. The summed E-state index contributed by atoms with van der Waals surface area (Å²) in [5.74, 6) is 2.65. The molecule has 1 aliphatic heterocycles. The Morgan fingerprint density at radius 2 is 1.75 bits per heavy atom. The molecule has 0 spiro atoms. The lowest BCUT2D eigenvalue weighted by molar-refractivity contribution is 0.102. The Morgan fingerprint density at radius 1 is 0.969 bits per heavy atom. The summed E-state index contributed by atoms with van der Waals surface area (Å²) in [5, 5.41) is 7.00. The van der Waals surface area contributed by atoms with Crippen LogP contribution in [0.15, 0.2) is 77.7 Å². The van der Waals surface area contributed by atoms with Crippen molar-refractivity contribution in [3.63, 3.8) is 0 Å². The smallest absolute Gasteiger partial charge is 0.255 e. The molecule has 2 N–H and O–H groups in total. The number of amides is 1. The number of thioether (sulfide) groups is 1. The maximum Gasteiger partial charge on any atom is 0.255 e. The summed E-state index contributed by atoms with van der Waals surface area (Å²) >= 11 is 1.65. The van der Waals surface area contributed by atoms with Crippen molar-refractivity contribution in [3.05, 3.63) is 89.5 Å². The lowest BCUT2D eigenvalue weighted by Gasteiger charge is -2.43. The van der Waals surface area contributed by atoms with Crippen molar-refractivity contribution >= 4 is 29.0 Å². The van der Waals surface area contributed by atoms with Crippen LogP contribution in [0.3, 0.4) is 0 Å². The maximum absolute atomic E-state index is 13.2. The molecule has 0 unspecified atom stereocenters. The van der Waals surface area contributed by atoms with Crippen LogP contribution in [-0.4, -0.2) is 12.2 Å². The second-order valence-electron chi connectivity index (χ2n) is 9.43. The first-order chi connectivity index (χ1) is 15.7. The van der Waals surface area contributed by atoms with Crippen LogP contribution in [0.1, 0.15) is 52.7 Å². The summed E-state index contributed by atoms with van der Waals surface area (Å²) in [5.41, 5.74) is 5.56. The molecule has 0 aromatic heterocycles. The molecule has 0 radical (unpaired) electrons. The number of hydrogen-bond donors (Lipinski definition) is 2. The van der Waals surface area contributed by atoms with Gasteiger partial charge >= 0.3 is 0 Å². The van der Waals surface area contributed by atoms with Gasteiger partial charge in [-0.2, -0.15) is 0 Å². The highest BCUT2D eigenvalue weighted by Gasteiger charge is 2.53. The summed E-state index contributed by atoms with van der Waals surface area (Å²) in [4.78, 5) is 14.2. The zero-order chi connectivity index (χ0) is 21.7. The van der Waals surface area contributed by atoms with E-state index in [0.717, 1.165) is 28.0 Å². The van der Waals surface area contributed by atoms with Crippen LogP contribution in [-0.2, 0) is 0 Å². The highest BCUT2D eigenvalue weighted by atomic mass is 32.2. The largest absolute Gasteiger partial charge is 0.378 e. The topological polar surface area (TPSA) is 41.1 Å². The fourth-order valence-electron chi connectivity index (χ4n) is 6.56. The number of nitrogens with one attached hydrogen (secondary N) is 2. The maximum atomic E-state index is 13.2. The van der Waals surface area contributed by atoms with Crippen LogP contribution in [0.4, 0.5) is 11.4 Å². The molecule has 6 rings (SSSR count). The second kappa shape index (κ2) is 8.00. The van der Waals surface area contributed by atoms with E-state index >= 15 is 0 Å². The van der Waals surface area contributed by atoms with Gasteiger partial charge in [-0.25, -0.2) is 0 Å². The SMILES string of the molecule is CSc1ccccc1NC(=O)c1ccc2c(c1)[C@@H]1[C@H]3CC[C@@H](C3)[C@@H]1[C@H](c1ccccc1)N2. The van der Waals surface area contributed by atoms with Gasteiger partial charge in [-0.05, 0) is 90.6 Å². The van der Waals surface area contributed by atoms with Gasteiger partial charge in [0.25, 0.3) is 5.91 Å². The molecule has 32 heavy (non-hydrogen) atoms. The summed E-state index contributed by atoms with van der Waals surface area (Å²) in [6.45, 7) is 0. The van der Waals surface area contributed by atoms with Gasteiger partial charge in [0.1, 0.15) is 0 Å². The van der Waals surface area contributed by atoms with Gasteiger partial charge in [0.2, 0.25) is 0 Å². The minimum absolute atomic E-state index is 0.0285. The molecule has 2 bridgehead atoms. The number of rotatable bonds is 4. The van der Waals surface area contributed by atoms with Crippen LogP contribution >= 0.6 is 11.8 Å². The molecular weight excluding hydrogens is 412 g/mol. The van der Waals surface area contributed by atoms with Gasteiger partial charge in [-0.15, -0.1) is 11.8 Å². The zero-order valence-electron chi connectivity index (χ0n) is 18.3. The predicted octanol–water partition coefficient (Wildman–Crippen LogP) is 6.96. The number of carbonyl (C=O) groups excluding carboxylic acids is 1. The Balaban J connectivity index is 1.35. The molecule has 1 heterocycles. The number of anilines is 2. The highest BCUT2D eigenvalue weighted by molar-refractivity contribution is 7.98. The Labute approximate surface area is 194 Å². The van der Waals surface area contributed by atoms with Gasteiger partial charge in [-0.1, -0.05) is 42.5 Å². The van der Waals surface area contributed by atoms with Crippen molar-refractivity contribution in [1.29, 1.82) is 0 Å². The molecule has 3 aromatic rings.